The molecule has 6 heteroatoms. The van der Waals surface area contributed by atoms with Crippen molar-refractivity contribution in [2.45, 2.75) is 25.7 Å². The van der Waals surface area contributed by atoms with Crippen molar-refractivity contribution in [2.24, 2.45) is 0 Å². The molecule has 3 rings (SSSR count). The predicted octanol–water partition coefficient (Wildman–Crippen LogP) is 3.92. The molecule has 1 N–H and O–H groups in total. The zero-order valence-corrected chi connectivity index (χ0v) is 15.3. The minimum absolute atomic E-state index is 0.0473. The molecule has 5 nitrogen and oxygen atoms in total. The maximum Gasteiger partial charge on any atom is 0.234 e. The minimum Gasteiger partial charge on any atom is -0.324 e. The molecular weight excluding hydrogens is 332 g/mol. The topological polar surface area (TPSA) is 59.8 Å². The lowest BCUT2D eigenvalue weighted by Gasteiger charge is -2.08. The van der Waals surface area contributed by atoms with E-state index in [1.54, 1.807) is 10.9 Å². The normalized spacial score (nSPS) is 10.7. The molecule has 0 unspecified atom stereocenters. The summed E-state index contributed by atoms with van der Waals surface area (Å²) >= 11 is 1.53. The maximum absolute atomic E-state index is 12.1. The van der Waals surface area contributed by atoms with Crippen LogP contribution < -0.4 is 5.32 Å². The van der Waals surface area contributed by atoms with Crippen molar-refractivity contribution in [1.29, 1.82) is 0 Å². The highest BCUT2D eigenvalue weighted by atomic mass is 32.2. The molecule has 128 valence electrons. The summed E-state index contributed by atoms with van der Waals surface area (Å²) in [6, 6.07) is 13.7. The van der Waals surface area contributed by atoms with Crippen molar-refractivity contribution in [3.05, 3.63) is 65.6 Å². The molecule has 0 aliphatic carbocycles. The number of hydrogen-bond donors (Lipinski definition) is 1. The van der Waals surface area contributed by atoms with E-state index < -0.39 is 0 Å². The van der Waals surface area contributed by atoms with Gasteiger partial charge in [0, 0.05) is 10.6 Å². The van der Waals surface area contributed by atoms with Gasteiger partial charge in [-0.1, -0.05) is 18.2 Å². The highest BCUT2D eigenvalue weighted by Crippen LogP contribution is 2.22. The average molecular weight is 352 g/mol. The highest BCUT2D eigenvalue weighted by Gasteiger charge is 2.08. The van der Waals surface area contributed by atoms with E-state index in [-0.39, 0.29) is 5.91 Å². The minimum atomic E-state index is -0.0473. The number of benzene rings is 1. The average Bonchev–Trinajstić information content (AvgIpc) is 2.93. The van der Waals surface area contributed by atoms with E-state index in [1.807, 2.05) is 63.2 Å². The Morgan fingerprint density at radius 3 is 2.60 bits per heavy atom. The summed E-state index contributed by atoms with van der Waals surface area (Å²) < 4.78 is 1.79. The van der Waals surface area contributed by atoms with E-state index in [9.17, 15) is 4.79 Å². The van der Waals surface area contributed by atoms with Crippen LogP contribution in [0.5, 0.6) is 0 Å². The van der Waals surface area contributed by atoms with Gasteiger partial charge < -0.3 is 5.32 Å². The Hall–Kier alpha value is -2.60. The van der Waals surface area contributed by atoms with Gasteiger partial charge in [-0.2, -0.15) is 5.10 Å². The largest absolute Gasteiger partial charge is 0.324 e. The molecule has 0 radical (unpaired) electrons. The predicted molar refractivity (Wildman–Crippen MR) is 101 cm³/mol. The number of amides is 1. The number of rotatable bonds is 5. The molecule has 2 aromatic heterocycles. The lowest BCUT2D eigenvalue weighted by Crippen LogP contribution is -2.14. The second-order valence-corrected chi connectivity index (χ2v) is 6.86. The lowest BCUT2D eigenvalue weighted by molar-refractivity contribution is -0.113. The summed E-state index contributed by atoms with van der Waals surface area (Å²) in [5, 5.41) is 7.28. The second kappa shape index (κ2) is 7.53. The van der Waals surface area contributed by atoms with Crippen molar-refractivity contribution in [3.8, 4) is 5.82 Å². The van der Waals surface area contributed by atoms with Gasteiger partial charge in [0.2, 0.25) is 5.91 Å². The molecule has 3 aromatic rings. The summed E-state index contributed by atoms with van der Waals surface area (Å²) in [5.74, 6) is 1.05. The standard InChI is InChI=1S/C19H20N4OS/c1-13-6-4-5-7-17(13)25-12-19(24)21-16-8-9-18(20-11-16)23-15(3)10-14(2)22-23/h4-11H,12H2,1-3H3,(H,21,24). The number of pyridine rings is 1. The van der Waals surface area contributed by atoms with E-state index in [1.165, 1.54) is 17.3 Å². The van der Waals surface area contributed by atoms with Crippen molar-refractivity contribution in [1.82, 2.24) is 14.8 Å². The van der Waals surface area contributed by atoms with Crippen LogP contribution in [0.2, 0.25) is 0 Å². The Labute approximate surface area is 151 Å². The number of aromatic nitrogens is 3. The van der Waals surface area contributed by atoms with Crippen LogP contribution in [-0.4, -0.2) is 26.4 Å². The molecule has 0 saturated heterocycles. The second-order valence-electron chi connectivity index (χ2n) is 5.85. The Balaban J connectivity index is 1.60. The third-order valence-electron chi connectivity index (χ3n) is 3.71. The Bertz CT molecular complexity index is 887. The van der Waals surface area contributed by atoms with E-state index in [2.05, 4.69) is 15.4 Å². The van der Waals surface area contributed by atoms with Gasteiger partial charge in [0.1, 0.15) is 0 Å². The molecule has 2 heterocycles. The fourth-order valence-electron chi connectivity index (χ4n) is 2.50. The van der Waals surface area contributed by atoms with Crippen molar-refractivity contribution in [3.63, 3.8) is 0 Å². The Morgan fingerprint density at radius 1 is 1.16 bits per heavy atom. The first-order valence-corrected chi connectivity index (χ1v) is 8.99. The number of anilines is 1. The smallest absolute Gasteiger partial charge is 0.234 e. The molecule has 1 aromatic carbocycles. The Kier molecular flexibility index (Phi) is 5.19. The van der Waals surface area contributed by atoms with Gasteiger partial charge in [-0.05, 0) is 50.6 Å². The van der Waals surface area contributed by atoms with Crippen LogP contribution in [0.15, 0.2) is 53.6 Å². The van der Waals surface area contributed by atoms with Gasteiger partial charge >= 0.3 is 0 Å². The fraction of sp³-hybridized carbons (Fsp3) is 0.211. The zero-order valence-electron chi connectivity index (χ0n) is 14.5. The third-order valence-corrected chi connectivity index (χ3v) is 4.89. The molecule has 0 fully saturated rings. The number of thioether (sulfide) groups is 1. The molecule has 25 heavy (non-hydrogen) atoms. The molecule has 0 atom stereocenters. The summed E-state index contributed by atoms with van der Waals surface area (Å²) in [6.07, 6.45) is 1.65. The van der Waals surface area contributed by atoms with Gasteiger partial charge in [-0.25, -0.2) is 9.67 Å². The molecule has 0 saturated carbocycles. The first kappa shape index (κ1) is 17.2. The van der Waals surface area contributed by atoms with Crippen LogP contribution in [-0.2, 0) is 4.79 Å². The van der Waals surface area contributed by atoms with Crippen molar-refractivity contribution < 1.29 is 4.79 Å². The molecule has 0 spiro atoms. The molecular formula is C19H20N4OS. The molecule has 0 aliphatic heterocycles. The first-order chi connectivity index (χ1) is 12.0. The summed E-state index contributed by atoms with van der Waals surface area (Å²) in [4.78, 5) is 17.6. The SMILES string of the molecule is Cc1cc(C)n(-c2ccc(NC(=O)CSc3ccccc3C)cn2)n1. The molecule has 1 amide bonds. The van der Waals surface area contributed by atoms with Crippen LogP contribution in [0.4, 0.5) is 5.69 Å². The van der Waals surface area contributed by atoms with Crippen LogP contribution >= 0.6 is 11.8 Å². The van der Waals surface area contributed by atoms with Crippen LogP contribution in [0.25, 0.3) is 5.82 Å². The van der Waals surface area contributed by atoms with Gasteiger partial charge in [0.15, 0.2) is 5.82 Å². The van der Waals surface area contributed by atoms with Crippen molar-refractivity contribution in [2.75, 3.05) is 11.1 Å². The molecule has 0 bridgehead atoms. The maximum atomic E-state index is 12.1. The van der Waals surface area contributed by atoms with E-state index in [4.69, 9.17) is 0 Å². The highest BCUT2D eigenvalue weighted by molar-refractivity contribution is 8.00. The van der Waals surface area contributed by atoms with Gasteiger partial charge in [0.25, 0.3) is 0 Å². The lowest BCUT2D eigenvalue weighted by atomic mass is 10.2. The first-order valence-electron chi connectivity index (χ1n) is 8.01. The van der Waals surface area contributed by atoms with Crippen LogP contribution in [0.1, 0.15) is 17.0 Å². The summed E-state index contributed by atoms with van der Waals surface area (Å²) in [6.45, 7) is 5.98. The number of carbonyl (C=O) groups excluding carboxylic acids is 1. The van der Waals surface area contributed by atoms with E-state index >= 15 is 0 Å². The Morgan fingerprint density at radius 2 is 1.96 bits per heavy atom. The van der Waals surface area contributed by atoms with Gasteiger partial charge in [-0.15, -0.1) is 11.8 Å². The van der Waals surface area contributed by atoms with E-state index in [0.717, 1.165) is 22.1 Å². The van der Waals surface area contributed by atoms with Crippen LogP contribution in [0.3, 0.4) is 0 Å². The number of aryl methyl sites for hydroxylation is 3. The van der Waals surface area contributed by atoms with Gasteiger partial charge in [-0.3, -0.25) is 4.79 Å². The summed E-state index contributed by atoms with van der Waals surface area (Å²) in [5.41, 5.74) is 3.83. The van der Waals surface area contributed by atoms with Crippen LogP contribution in [0, 0.1) is 20.8 Å². The quantitative estimate of drug-likeness (QED) is 0.707. The summed E-state index contributed by atoms with van der Waals surface area (Å²) in [7, 11) is 0. The van der Waals surface area contributed by atoms with Gasteiger partial charge in [0.05, 0.1) is 23.3 Å². The zero-order chi connectivity index (χ0) is 17.8. The fourth-order valence-corrected chi connectivity index (χ4v) is 3.33. The monoisotopic (exact) mass is 352 g/mol. The number of carbonyl (C=O) groups is 1. The number of hydrogen-bond acceptors (Lipinski definition) is 4. The number of nitrogens with one attached hydrogen (secondary N) is 1. The molecule has 0 aliphatic rings. The number of nitrogens with zero attached hydrogens (tertiary/aromatic N) is 3. The van der Waals surface area contributed by atoms with E-state index in [0.29, 0.717) is 11.4 Å². The van der Waals surface area contributed by atoms with Crippen molar-refractivity contribution >= 4 is 23.4 Å². The third kappa shape index (κ3) is 4.28.